The van der Waals surface area contributed by atoms with E-state index < -0.39 is 0 Å². The molecule has 1 aliphatic carbocycles. The summed E-state index contributed by atoms with van der Waals surface area (Å²) in [5.41, 5.74) is 0.944. The minimum absolute atomic E-state index is 0.205. The number of hydrogen-bond donors (Lipinski definition) is 0. The van der Waals surface area contributed by atoms with Crippen LogP contribution in [0.25, 0.3) is 0 Å². The van der Waals surface area contributed by atoms with E-state index in [0.29, 0.717) is 19.3 Å². The highest BCUT2D eigenvalue weighted by Gasteiger charge is 2.28. The predicted molar refractivity (Wildman–Crippen MR) is 104 cm³/mol. The molecule has 0 radical (unpaired) electrons. The van der Waals surface area contributed by atoms with Crippen LogP contribution in [0, 0.1) is 10.6 Å². The summed E-state index contributed by atoms with van der Waals surface area (Å²) < 4.78 is 18.3. The lowest BCUT2D eigenvalue weighted by atomic mass is 10.2. The third-order valence-electron chi connectivity index (χ3n) is 4.48. The first-order valence-electron chi connectivity index (χ1n) is 8.74. The Morgan fingerprint density at radius 2 is 2.15 bits per heavy atom. The maximum absolute atomic E-state index is 13.4. The number of benzene rings is 1. The highest BCUT2D eigenvalue weighted by atomic mass is 32.1. The summed E-state index contributed by atoms with van der Waals surface area (Å²) in [5.74, 6) is 0.836. The van der Waals surface area contributed by atoms with E-state index in [9.17, 15) is 4.39 Å². The average Bonchev–Trinajstić information content (AvgIpc) is 3.20. The van der Waals surface area contributed by atoms with Crippen LogP contribution in [0.5, 0.6) is 0 Å². The third-order valence-corrected chi connectivity index (χ3v) is 5.77. The van der Waals surface area contributed by atoms with Gasteiger partial charge in [-0.2, -0.15) is 5.10 Å². The van der Waals surface area contributed by atoms with E-state index in [2.05, 4.69) is 27.0 Å². The molecule has 0 amide bonds. The van der Waals surface area contributed by atoms with Gasteiger partial charge in [-0.15, -0.1) is 11.3 Å². The van der Waals surface area contributed by atoms with Gasteiger partial charge in [-0.05, 0) is 61.2 Å². The third kappa shape index (κ3) is 3.95. The Morgan fingerprint density at radius 3 is 2.85 bits per heavy atom. The molecule has 1 aliphatic rings. The fourth-order valence-corrected chi connectivity index (χ4v) is 4.23. The van der Waals surface area contributed by atoms with Crippen LogP contribution >= 0.6 is 23.6 Å². The molecule has 0 unspecified atom stereocenters. The van der Waals surface area contributed by atoms with Gasteiger partial charge in [0.1, 0.15) is 11.6 Å². The molecular formula is C19H21FN4S2. The van der Waals surface area contributed by atoms with E-state index in [0.717, 1.165) is 22.6 Å². The highest BCUT2D eigenvalue weighted by Crippen LogP contribution is 2.36. The lowest BCUT2D eigenvalue weighted by Gasteiger charge is -2.16. The standard InChI is InChI=1S/C19H21FN4S2/c1-22(12-14-4-2-5-15(20)10-14)13-23-19(25)24(16-7-8-16)18(21-23)11-17-6-3-9-26-17/h2-6,9-10,16H,7-8,11-13H2,1H3. The molecule has 3 aromatic rings. The van der Waals surface area contributed by atoms with E-state index in [4.69, 9.17) is 17.3 Å². The van der Waals surface area contributed by atoms with Crippen molar-refractivity contribution in [2.75, 3.05) is 7.05 Å². The molecule has 0 saturated heterocycles. The fraction of sp³-hybridized carbons (Fsp3) is 0.368. The van der Waals surface area contributed by atoms with Crippen molar-refractivity contribution in [3.63, 3.8) is 0 Å². The van der Waals surface area contributed by atoms with Crippen molar-refractivity contribution in [2.45, 2.75) is 38.5 Å². The molecule has 0 atom stereocenters. The van der Waals surface area contributed by atoms with Gasteiger partial charge in [-0.25, -0.2) is 9.07 Å². The normalized spacial score (nSPS) is 14.3. The van der Waals surface area contributed by atoms with Crippen LogP contribution in [-0.4, -0.2) is 26.3 Å². The second-order valence-corrected chi connectivity index (χ2v) is 8.24. The van der Waals surface area contributed by atoms with Crippen molar-refractivity contribution in [3.8, 4) is 0 Å². The first-order valence-corrected chi connectivity index (χ1v) is 10.0. The molecule has 136 valence electrons. The highest BCUT2D eigenvalue weighted by molar-refractivity contribution is 7.71. The lowest BCUT2D eigenvalue weighted by molar-refractivity contribution is 0.243. The van der Waals surface area contributed by atoms with Gasteiger partial charge >= 0.3 is 0 Å². The van der Waals surface area contributed by atoms with Crippen molar-refractivity contribution in [1.82, 2.24) is 19.2 Å². The number of rotatable bonds is 7. The zero-order valence-electron chi connectivity index (χ0n) is 14.6. The van der Waals surface area contributed by atoms with Gasteiger partial charge in [-0.1, -0.05) is 18.2 Å². The summed E-state index contributed by atoms with van der Waals surface area (Å²) in [4.78, 5) is 3.40. The Kier molecular flexibility index (Phi) is 5.02. The molecule has 4 rings (SSSR count). The minimum Gasteiger partial charge on any atom is -0.301 e. The smallest absolute Gasteiger partial charge is 0.199 e. The van der Waals surface area contributed by atoms with Gasteiger partial charge in [0.15, 0.2) is 4.77 Å². The van der Waals surface area contributed by atoms with Crippen LogP contribution in [0.3, 0.4) is 0 Å². The quantitative estimate of drug-likeness (QED) is 0.552. The summed E-state index contributed by atoms with van der Waals surface area (Å²) >= 11 is 7.46. The summed E-state index contributed by atoms with van der Waals surface area (Å²) in [6, 6.07) is 11.4. The number of aromatic nitrogens is 3. The number of thiophene rings is 1. The molecule has 0 aliphatic heterocycles. The van der Waals surface area contributed by atoms with Crippen LogP contribution in [-0.2, 0) is 19.6 Å². The van der Waals surface area contributed by atoms with Crippen LogP contribution in [0.1, 0.15) is 35.1 Å². The zero-order chi connectivity index (χ0) is 18.1. The van der Waals surface area contributed by atoms with Gasteiger partial charge in [0.2, 0.25) is 0 Å². The molecule has 1 fully saturated rings. The Balaban J connectivity index is 1.53. The van der Waals surface area contributed by atoms with E-state index in [1.165, 1.54) is 23.8 Å². The van der Waals surface area contributed by atoms with Crippen molar-refractivity contribution in [3.05, 3.63) is 68.6 Å². The first-order chi connectivity index (χ1) is 12.6. The second-order valence-electron chi connectivity index (χ2n) is 6.84. The van der Waals surface area contributed by atoms with Crippen LogP contribution in [0.15, 0.2) is 41.8 Å². The Morgan fingerprint density at radius 1 is 1.31 bits per heavy atom. The predicted octanol–water partition coefficient (Wildman–Crippen LogP) is 4.63. The number of nitrogens with zero attached hydrogens (tertiary/aromatic N) is 4. The molecule has 2 aromatic heterocycles. The van der Waals surface area contributed by atoms with Crippen molar-refractivity contribution in [2.24, 2.45) is 0 Å². The zero-order valence-corrected chi connectivity index (χ0v) is 16.3. The van der Waals surface area contributed by atoms with Gasteiger partial charge in [-0.3, -0.25) is 4.90 Å². The van der Waals surface area contributed by atoms with E-state index >= 15 is 0 Å². The Hall–Kier alpha value is -1.83. The largest absolute Gasteiger partial charge is 0.301 e. The molecular weight excluding hydrogens is 367 g/mol. The molecule has 1 aromatic carbocycles. The van der Waals surface area contributed by atoms with Gasteiger partial charge < -0.3 is 4.57 Å². The Labute approximate surface area is 161 Å². The van der Waals surface area contributed by atoms with E-state index in [1.807, 2.05) is 17.8 Å². The molecule has 1 saturated carbocycles. The number of halogens is 1. The number of hydrogen-bond acceptors (Lipinski definition) is 4. The second kappa shape index (κ2) is 7.42. The summed E-state index contributed by atoms with van der Waals surface area (Å²) in [5, 5.41) is 6.90. The average molecular weight is 389 g/mol. The Bertz CT molecular complexity index is 941. The maximum Gasteiger partial charge on any atom is 0.199 e. The van der Waals surface area contributed by atoms with Gasteiger partial charge in [0.05, 0.1) is 6.67 Å². The van der Waals surface area contributed by atoms with Crippen molar-refractivity contribution >= 4 is 23.6 Å². The SMILES string of the molecule is CN(Cc1cccc(F)c1)Cn1nc(Cc2cccs2)n(C2CC2)c1=S. The fourth-order valence-electron chi connectivity index (χ4n) is 3.17. The van der Waals surface area contributed by atoms with E-state index in [-0.39, 0.29) is 5.82 Å². The molecule has 4 nitrogen and oxygen atoms in total. The molecule has 26 heavy (non-hydrogen) atoms. The summed E-state index contributed by atoms with van der Waals surface area (Å²) in [6.07, 6.45) is 3.17. The minimum atomic E-state index is -0.205. The van der Waals surface area contributed by atoms with Gasteiger partial charge in [0.25, 0.3) is 0 Å². The first kappa shape index (κ1) is 17.6. The topological polar surface area (TPSA) is 26.0 Å². The summed E-state index contributed by atoms with van der Waals surface area (Å²) in [6.45, 7) is 1.24. The van der Waals surface area contributed by atoms with Crippen molar-refractivity contribution < 1.29 is 4.39 Å². The van der Waals surface area contributed by atoms with Crippen LogP contribution in [0.4, 0.5) is 4.39 Å². The van der Waals surface area contributed by atoms with E-state index in [1.54, 1.807) is 23.5 Å². The molecule has 0 spiro atoms. The molecule has 0 bridgehead atoms. The molecule has 0 N–H and O–H groups in total. The van der Waals surface area contributed by atoms with Crippen LogP contribution in [0.2, 0.25) is 0 Å². The lowest BCUT2D eigenvalue weighted by Crippen LogP contribution is -2.22. The van der Waals surface area contributed by atoms with Crippen molar-refractivity contribution in [1.29, 1.82) is 0 Å². The molecule has 2 heterocycles. The monoisotopic (exact) mass is 388 g/mol. The summed E-state index contributed by atoms with van der Waals surface area (Å²) in [7, 11) is 2.00. The van der Waals surface area contributed by atoms with Crippen LogP contribution < -0.4 is 0 Å². The molecule has 7 heteroatoms. The maximum atomic E-state index is 13.4. The van der Waals surface area contributed by atoms with Gasteiger partial charge in [0, 0.05) is 23.9 Å².